The summed E-state index contributed by atoms with van der Waals surface area (Å²) < 4.78 is 20.7. The minimum absolute atomic E-state index is 0.0245. The van der Waals surface area contributed by atoms with Gasteiger partial charge >= 0.3 is 162 Å². The zero-order valence-electron chi connectivity index (χ0n) is 15.3. The number of hydrogen-bond acceptors (Lipinski definition) is 7. The van der Waals surface area contributed by atoms with Gasteiger partial charge in [-0.25, -0.2) is 0 Å². The van der Waals surface area contributed by atoms with Crippen molar-refractivity contribution in [2.75, 3.05) is 0 Å². The SMILES string of the molecule is CC1(OC(=O)C2C3CC4C2C(=O)O[C@@H]4C3OC(=O)C[C@@H]2N[I-]2)CCCCC1. The topological polar surface area (TPSA) is 101 Å². The molecule has 1 N–H and O–H groups in total. The minimum atomic E-state index is -0.538. The van der Waals surface area contributed by atoms with Gasteiger partial charge < -0.3 is 0 Å². The van der Waals surface area contributed by atoms with E-state index in [-0.39, 0.29) is 57.3 Å². The zero-order valence-corrected chi connectivity index (χ0v) is 17.5. The number of hydrogen-bond donors (Lipinski definition) is 1. The van der Waals surface area contributed by atoms with E-state index in [2.05, 4.69) is 3.53 Å². The van der Waals surface area contributed by atoms with Gasteiger partial charge in [0.15, 0.2) is 0 Å². The van der Waals surface area contributed by atoms with Crippen LogP contribution in [0.1, 0.15) is 51.9 Å². The summed E-state index contributed by atoms with van der Waals surface area (Å²) in [6.07, 6.45) is 5.22. The Morgan fingerprint density at radius 3 is 2.70 bits per heavy atom. The third-order valence-corrected chi connectivity index (χ3v) is 8.90. The molecule has 2 heterocycles. The van der Waals surface area contributed by atoms with Crippen molar-refractivity contribution in [3.05, 3.63) is 0 Å². The summed E-state index contributed by atoms with van der Waals surface area (Å²) in [5.74, 6) is -2.03. The zero-order chi connectivity index (χ0) is 18.8. The van der Waals surface area contributed by atoms with Crippen LogP contribution in [0.25, 0.3) is 0 Å². The van der Waals surface area contributed by atoms with Crippen LogP contribution in [0.15, 0.2) is 0 Å². The van der Waals surface area contributed by atoms with Crippen molar-refractivity contribution in [1.82, 2.24) is 3.53 Å². The molecule has 0 amide bonds. The van der Waals surface area contributed by atoms with Crippen LogP contribution in [0, 0.1) is 23.7 Å². The Balaban J connectivity index is 1.32. The molecule has 0 aromatic heterocycles. The molecule has 3 aliphatic carbocycles. The molecule has 0 aromatic rings. The molecule has 0 radical (unpaired) electrons. The Bertz CT molecular complexity index is 673. The van der Waals surface area contributed by atoms with Gasteiger partial charge in [-0.05, 0) is 0 Å². The van der Waals surface area contributed by atoms with Crippen LogP contribution < -0.4 is 25.0 Å². The number of ether oxygens (including phenoxy) is 3. The van der Waals surface area contributed by atoms with E-state index in [0.717, 1.165) is 25.7 Å². The summed E-state index contributed by atoms with van der Waals surface area (Å²) in [7, 11) is 0. The van der Waals surface area contributed by atoms with Gasteiger partial charge in [0, 0.05) is 0 Å². The third-order valence-electron chi connectivity index (χ3n) is 6.95. The van der Waals surface area contributed by atoms with Gasteiger partial charge in [0.2, 0.25) is 0 Å². The molecule has 150 valence electrons. The van der Waals surface area contributed by atoms with Crippen molar-refractivity contribution in [2.24, 2.45) is 23.7 Å². The van der Waals surface area contributed by atoms with Crippen molar-refractivity contribution in [2.45, 2.75) is 73.7 Å². The van der Waals surface area contributed by atoms with Crippen molar-refractivity contribution < 1.29 is 50.1 Å². The van der Waals surface area contributed by atoms with Crippen molar-refractivity contribution >= 4 is 17.9 Å². The first-order valence-electron chi connectivity index (χ1n) is 9.96. The molecule has 0 aromatic carbocycles. The number of carbonyl (C=O) groups excluding carboxylic acids is 3. The fourth-order valence-electron chi connectivity index (χ4n) is 5.65. The Kier molecular flexibility index (Phi) is 4.42. The van der Waals surface area contributed by atoms with Crippen LogP contribution in [-0.4, -0.2) is 39.8 Å². The first-order chi connectivity index (χ1) is 13.0. The van der Waals surface area contributed by atoms with E-state index in [1.807, 2.05) is 6.92 Å². The number of esters is 3. The molecule has 5 rings (SSSR count). The molecule has 0 spiro atoms. The van der Waals surface area contributed by atoms with Gasteiger partial charge in [0.1, 0.15) is 0 Å². The molecular weight excluding hydrogens is 465 g/mol. The monoisotopic (exact) mass is 490 g/mol. The van der Waals surface area contributed by atoms with E-state index < -0.39 is 23.5 Å². The number of carbonyl (C=O) groups is 3. The molecule has 3 saturated carbocycles. The van der Waals surface area contributed by atoms with Gasteiger partial charge in [-0.3, -0.25) is 0 Å². The second-order valence-electron chi connectivity index (χ2n) is 8.79. The molecule has 5 unspecified atom stereocenters. The molecule has 2 saturated heterocycles. The summed E-state index contributed by atoms with van der Waals surface area (Å²) in [4.78, 5) is 37.7. The number of rotatable bonds is 5. The van der Waals surface area contributed by atoms with E-state index in [1.54, 1.807) is 0 Å². The number of nitrogens with one attached hydrogen (secondary N) is 1. The maximum atomic E-state index is 13.1. The van der Waals surface area contributed by atoms with Crippen molar-refractivity contribution in [3.63, 3.8) is 0 Å². The molecule has 2 aliphatic heterocycles. The Labute approximate surface area is 168 Å². The predicted octanol–water partition coefficient (Wildman–Crippen LogP) is -1.70. The van der Waals surface area contributed by atoms with E-state index in [9.17, 15) is 14.4 Å². The van der Waals surface area contributed by atoms with Gasteiger partial charge in [-0.2, -0.15) is 0 Å². The fourth-order valence-corrected chi connectivity index (χ4v) is 6.70. The number of halogens is 1. The van der Waals surface area contributed by atoms with E-state index in [4.69, 9.17) is 14.2 Å². The molecule has 8 heteroatoms. The van der Waals surface area contributed by atoms with E-state index in [1.165, 1.54) is 6.42 Å². The van der Waals surface area contributed by atoms with Crippen LogP contribution in [0.4, 0.5) is 0 Å². The molecular formula is C19H25INO6-. The molecule has 7 nitrogen and oxygen atoms in total. The van der Waals surface area contributed by atoms with E-state index >= 15 is 0 Å². The Morgan fingerprint density at radius 2 is 2.00 bits per heavy atom. The van der Waals surface area contributed by atoms with Crippen LogP contribution >= 0.6 is 0 Å². The molecule has 5 fully saturated rings. The predicted molar refractivity (Wildman–Crippen MR) is 87.5 cm³/mol. The summed E-state index contributed by atoms with van der Waals surface area (Å²) in [5, 5.41) is 0. The van der Waals surface area contributed by atoms with Crippen molar-refractivity contribution in [3.8, 4) is 0 Å². The molecule has 5 aliphatic rings. The quantitative estimate of drug-likeness (QED) is 0.0933. The van der Waals surface area contributed by atoms with Gasteiger partial charge in [-0.1, -0.05) is 6.42 Å². The first kappa shape index (κ1) is 18.1. The average molecular weight is 490 g/mol. The van der Waals surface area contributed by atoms with E-state index in [0.29, 0.717) is 16.9 Å². The second kappa shape index (κ2) is 6.57. The number of alkyl halides is 1. The first-order valence-corrected chi connectivity index (χ1v) is 12.3. The Morgan fingerprint density at radius 1 is 1.26 bits per heavy atom. The summed E-state index contributed by atoms with van der Waals surface area (Å²) in [5.41, 5.74) is -0.438. The van der Waals surface area contributed by atoms with Crippen LogP contribution in [0.2, 0.25) is 0 Å². The van der Waals surface area contributed by atoms with Crippen LogP contribution in [-0.2, 0) is 28.6 Å². The van der Waals surface area contributed by atoms with Crippen LogP contribution in [0.3, 0.4) is 0 Å². The Hall–Kier alpha value is -0.900. The average Bonchev–Trinajstić information content (AvgIpc) is 3.16. The number of fused-ring (bicyclic) bond motifs is 1. The second-order valence-corrected chi connectivity index (χ2v) is 11.5. The maximum absolute atomic E-state index is 13.1. The third kappa shape index (κ3) is 3.16. The summed E-state index contributed by atoms with van der Waals surface area (Å²) in [6.45, 7) is 2.00. The van der Waals surface area contributed by atoms with Gasteiger partial charge in [0.25, 0.3) is 0 Å². The van der Waals surface area contributed by atoms with Crippen molar-refractivity contribution in [1.29, 1.82) is 0 Å². The fraction of sp³-hybridized carbons (Fsp3) is 0.842. The molecule has 7 atom stereocenters. The molecule has 2 bridgehead atoms. The van der Waals surface area contributed by atoms with Crippen LogP contribution in [0.5, 0.6) is 0 Å². The summed E-state index contributed by atoms with van der Waals surface area (Å²) >= 11 is -0.0458. The normalized spacial score (nSPS) is 43.6. The standard InChI is InChI=1S/C19H25INO6/c1-19(5-3-2-4-6-19)27-18(24)14-10-7-9-13(14)17(23)26-16(9)15(10)25-12(22)8-11-20-21-11/h9-11,13-16,21H,2-8H2,1H3/q-1/t9?,10?,11-,13?,14?,15?,16-/m0/s1. The summed E-state index contributed by atoms with van der Waals surface area (Å²) in [6, 6.07) is 0. The van der Waals surface area contributed by atoms with Gasteiger partial charge in [-0.15, -0.1) is 0 Å². The molecule has 27 heavy (non-hydrogen) atoms. The van der Waals surface area contributed by atoms with Gasteiger partial charge in [0.05, 0.1) is 0 Å².